The quantitative estimate of drug-likeness (QED) is 0.310. The van der Waals surface area contributed by atoms with Crippen LogP contribution in [0.2, 0.25) is 0 Å². The van der Waals surface area contributed by atoms with Gasteiger partial charge in [0, 0.05) is 62.7 Å². The minimum absolute atomic E-state index is 0. The lowest BCUT2D eigenvalue weighted by Crippen LogP contribution is -2.35. The van der Waals surface area contributed by atoms with Gasteiger partial charge in [0.05, 0.1) is 25.2 Å². The number of morpholine rings is 1. The van der Waals surface area contributed by atoms with Gasteiger partial charge in [-0.3, -0.25) is 15.0 Å². The van der Waals surface area contributed by atoms with E-state index < -0.39 is 4.92 Å². The summed E-state index contributed by atoms with van der Waals surface area (Å²) in [5, 5.41) is 17.4. The Morgan fingerprint density at radius 1 is 1.10 bits per heavy atom. The molecule has 1 saturated heterocycles. The molecule has 0 amide bonds. The van der Waals surface area contributed by atoms with Crippen molar-refractivity contribution in [3.05, 3.63) is 63.7 Å². The number of non-ortho nitro benzene ring substituents is 1. The first kappa shape index (κ1) is 26.9. The highest BCUT2D eigenvalue weighted by Crippen LogP contribution is 2.22. The fourth-order valence-corrected chi connectivity index (χ4v) is 3.29. The summed E-state index contributed by atoms with van der Waals surface area (Å²) < 4.78 is 10.9. The standard InChI is InChI=1S/C21H28N4O4.2ClH/c1-28-21-7-2-17(14-18(21)16-24-10-12-29-13-11-24)15-22-8-9-23-19-3-5-20(6-4-19)25(26)27;;/h2-7,14,22-23H,8-13,15-16H2,1H3;2*1H. The molecule has 0 aromatic heterocycles. The number of anilines is 1. The minimum atomic E-state index is -0.395. The van der Waals surface area contributed by atoms with E-state index in [1.165, 1.54) is 23.3 Å². The zero-order valence-electron chi connectivity index (χ0n) is 17.5. The molecular formula is C21H30Cl2N4O4. The maximum atomic E-state index is 10.7. The summed E-state index contributed by atoms with van der Waals surface area (Å²) >= 11 is 0. The average Bonchev–Trinajstić information content (AvgIpc) is 2.75. The van der Waals surface area contributed by atoms with Crippen LogP contribution in [0.3, 0.4) is 0 Å². The Labute approximate surface area is 195 Å². The van der Waals surface area contributed by atoms with Gasteiger partial charge in [0.25, 0.3) is 5.69 Å². The summed E-state index contributed by atoms with van der Waals surface area (Å²) in [7, 11) is 1.71. The highest BCUT2D eigenvalue weighted by molar-refractivity contribution is 5.85. The van der Waals surface area contributed by atoms with Crippen LogP contribution in [0.4, 0.5) is 11.4 Å². The Morgan fingerprint density at radius 3 is 2.45 bits per heavy atom. The van der Waals surface area contributed by atoms with Gasteiger partial charge >= 0.3 is 0 Å². The van der Waals surface area contributed by atoms with Gasteiger partial charge in [-0.25, -0.2) is 0 Å². The first-order valence-corrected chi connectivity index (χ1v) is 9.80. The lowest BCUT2D eigenvalue weighted by molar-refractivity contribution is -0.384. The summed E-state index contributed by atoms with van der Waals surface area (Å²) in [5.41, 5.74) is 3.37. The van der Waals surface area contributed by atoms with Crippen LogP contribution >= 0.6 is 24.8 Å². The number of benzene rings is 2. The van der Waals surface area contributed by atoms with Gasteiger partial charge in [-0.1, -0.05) is 6.07 Å². The molecule has 2 aromatic carbocycles. The van der Waals surface area contributed by atoms with Gasteiger partial charge in [-0.15, -0.1) is 24.8 Å². The van der Waals surface area contributed by atoms with Gasteiger partial charge in [-0.2, -0.15) is 0 Å². The number of nitro benzene ring substituents is 1. The van der Waals surface area contributed by atoms with Crippen molar-refractivity contribution >= 4 is 36.2 Å². The second-order valence-electron chi connectivity index (χ2n) is 6.94. The minimum Gasteiger partial charge on any atom is -0.496 e. The van der Waals surface area contributed by atoms with E-state index in [4.69, 9.17) is 9.47 Å². The number of nitro groups is 1. The van der Waals surface area contributed by atoms with Crippen LogP contribution < -0.4 is 15.4 Å². The number of hydrogen-bond acceptors (Lipinski definition) is 7. The lowest BCUT2D eigenvalue weighted by Gasteiger charge is -2.27. The number of halogens is 2. The second-order valence-corrected chi connectivity index (χ2v) is 6.94. The van der Waals surface area contributed by atoms with Gasteiger partial charge in [-0.05, 0) is 29.8 Å². The summed E-state index contributed by atoms with van der Waals surface area (Å²) in [5.74, 6) is 0.917. The molecule has 0 aliphatic carbocycles. The number of hydrogen-bond donors (Lipinski definition) is 2. The number of methoxy groups -OCH3 is 1. The topological polar surface area (TPSA) is 88.9 Å². The van der Waals surface area contributed by atoms with Crippen LogP contribution in [0, 0.1) is 10.1 Å². The van der Waals surface area contributed by atoms with E-state index in [1.54, 1.807) is 19.2 Å². The summed E-state index contributed by atoms with van der Waals surface area (Å²) in [6.07, 6.45) is 0. The number of nitrogens with zero attached hydrogens (tertiary/aromatic N) is 2. The van der Waals surface area contributed by atoms with E-state index in [-0.39, 0.29) is 30.5 Å². The van der Waals surface area contributed by atoms with Crippen molar-refractivity contribution in [3.63, 3.8) is 0 Å². The molecule has 3 rings (SSSR count). The van der Waals surface area contributed by atoms with Crippen molar-refractivity contribution in [1.29, 1.82) is 0 Å². The molecule has 0 radical (unpaired) electrons. The smallest absolute Gasteiger partial charge is 0.269 e. The normalized spacial score (nSPS) is 13.6. The van der Waals surface area contributed by atoms with Gasteiger partial charge in [0.2, 0.25) is 0 Å². The SMILES string of the molecule is COc1ccc(CNCCNc2ccc([N+](=O)[O-])cc2)cc1CN1CCOCC1.Cl.Cl. The van der Waals surface area contributed by atoms with Crippen molar-refractivity contribution in [1.82, 2.24) is 10.2 Å². The van der Waals surface area contributed by atoms with Gasteiger partial charge in [0.15, 0.2) is 0 Å². The zero-order chi connectivity index (χ0) is 20.5. The van der Waals surface area contributed by atoms with Crippen LogP contribution in [0.1, 0.15) is 11.1 Å². The van der Waals surface area contributed by atoms with E-state index in [9.17, 15) is 10.1 Å². The van der Waals surface area contributed by atoms with Crippen LogP contribution in [0.5, 0.6) is 5.75 Å². The van der Waals surface area contributed by atoms with Crippen molar-refractivity contribution in [2.75, 3.05) is 51.8 Å². The molecular weight excluding hydrogens is 443 g/mol. The molecule has 1 aliphatic rings. The number of nitrogens with one attached hydrogen (secondary N) is 2. The first-order valence-electron chi connectivity index (χ1n) is 9.80. The number of rotatable bonds is 10. The molecule has 0 unspecified atom stereocenters. The Balaban J connectivity index is 0.00000240. The zero-order valence-corrected chi connectivity index (χ0v) is 19.2. The van der Waals surface area contributed by atoms with E-state index in [0.717, 1.165) is 63.9 Å². The highest BCUT2D eigenvalue weighted by Gasteiger charge is 2.13. The largest absolute Gasteiger partial charge is 0.496 e. The monoisotopic (exact) mass is 472 g/mol. The fourth-order valence-electron chi connectivity index (χ4n) is 3.29. The third-order valence-corrected chi connectivity index (χ3v) is 4.88. The molecule has 1 aliphatic heterocycles. The third-order valence-electron chi connectivity index (χ3n) is 4.88. The molecule has 31 heavy (non-hydrogen) atoms. The van der Waals surface area contributed by atoms with Crippen molar-refractivity contribution < 1.29 is 14.4 Å². The van der Waals surface area contributed by atoms with E-state index in [2.05, 4.69) is 27.7 Å². The lowest BCUT2D eigenvalue weighted by atomic mass is 10.1. The summed E-state index contributed by atoms with van der Waals surface area (Å²) in [6.45, 7) is 6.59. The number of ether oxygens (including phenoxy) is 2. The van der Waals surface area contributed by atoms with Crippen LogP contribution in [0.25, 0.3) is 0 Å². The van der Waals surface area contributed by atoms with Gasteiger partial charge in [0.1, 0.15) is 5.75 Å². The predicted octanol–water partition coefficient (Wildman–Crippen LogP) is 3.48. The Kier molecular flexibility index (Phi) is 12.2. The Bertz CT molecular complexity index is 802. The maximum Gasteiger partial charge on any atom is 0.269 e. The molecule has 2 N–H and O–H groups in total. The average molecular weight is 473 g/mol. The molecule has 172 valence electrons. The molecule has 0 bridgehead atoms. The molecule has 1 heterocycles. The molecule has 0 spiro atoms. The summed E-state index contributed by atoms with van der Waals surface area (Å²) in [4.78, 5) is 12.7. The fraction of sp³-hybridized carbons (Fsp3) is 0.429. The van der Waals surface area contributed by atoms with E-state index in [0.29, 0.717) is 0 Å². The molecule has 0 saturated carbocycles. The maximum absolute atomic E-state index is 10.7. The van der Waals surface area contributed by atoms with Crippen LogP contribution in [-0.2, 0) is 17.8 Å². The summed E-state index contributed by atoms with van der Waals surface area (Å²) in [6, 6.07) is 12.8. The van der Waals surface area contributed by atoms with Crippen molar-refractivity contribution in [2.45, 2.75) is 13.1 Å². The first-order chi connectivity index (χ1) is 14.2. The van der Waals surface area contributed by atoms with Crippen molar-refractivity contribution in [3.8, 4) is 5.75 Å². The Hall–Kier alpha value is -2.10. The van der Waals surface area contributed by atoms with Crippen LogP contribution in [0.15, 0.2) is 42.5 Å². The highest BCUT2D eigenvalue weighted by atomic mass is 35.5. The third kappa shape index (κ3) is 8.51. The molecule has 2 aromatic rings. The predicted molar refractivity (Wildman–Crippen MR) is 127 cm³/mol. The molecule has 0 atom stereocenters. The Morgan fingerprint density at radius 2 is 1.81 bits per heavy atom. The van der Waals surface area contributed by atoms with E-state index in [1.807, 2.05) is 6.07 Å². The van der Waals surface area contributed by atoms with Crippen LogP contribution in [-0.4, -0.2) is 56.3 Å². The molecule has 8 nitrogen and oxygen atoms in total. The van der Waals surface area contributed by atoms with Crippen molar-refractivity contribution in [2.24, 2.45) is 0 Å². The van der Waals surface area contributed by atoms with E-state index >= 15 is 0 Å². The molecule has 10 heteroatoms. The van der Waals surface area contributed by atoms with Gasteiger partial charge < -0.3 is 20.1 Å². The molecule has 1 fully saturated rings. The second kappa shape index (κ2) is 14.1.